The number of rotatable bonds is 5. The van der Waals surface area contributed by atoms with E-state index in [2.05, 4.69) is 11.9 Å². The van der Waals surface area contributed by atoms with Crippen molar-refractivity contribution in [3.05, 3.63) is 53.7 Å². The predicted molar refractivity (Wildman–Crippen MR) is 97.7 cm³/mol. The first-order chi connectivity index (χ1) is 11.5. The number of pyridine rings is 1. The van der Waals surface area contributed by atoms with Crippen molar-refractivity contribution in [2.45, 2.75) is 42.7 Å². The summed E-state index contributed by atoms with van der Waals surface area (Å²) in [6.07, 6.45) is 3.49. The fourth-order valence-corrected chi connectivity index (χ4v) is 5.55. The first-order valence-electron chi connectivity index (χ1n) is 8.20. The van der Waals surface area contributed by atoms with E-state index in [9.17, 15) is 8.42 Å². The number of hydrogen-bond acceptors (Lipinski definition) is 4. The molecule has 0 amide bonds. The molecule has 2 heterocycles. The normalized spacial score (nSPS) is 18.8. The van der Waals surface area contributed by atoms with E-state index in [4.69, 9.17) is 0 Å². The van der Waals surface area contributed by atoms with E-state index < -0.39 is 10.0 Å². The second-order valence-electron chi connectivity index (χ2n) is 5.92. The van der Waals surface area contributed by atoms with Crippen molar-refractivity contribution in [2.24, 2.45) is 0 Å². The van der Waals surface area contributed by atoms with Crippen LogP contribution in [0.15, 0.2) is 52.5 Å². The van der Waals surface area contributed by atoms with E-state index in [1.165, 1.54) is 0 Å². The van der Waals surface area contributed by atoms with Gasteiger partial charge in [0.15, 0.2) is 0 Å². The van der Waals surface area contributed by atoms with Crippen molar-refractivity contribution in [1.29, 1.82) is 0 Å². The molecule has 24 heavy (non-hydrogen) atoms. The molecule has 0 bridgehead atoms. The van der Waals surface area contributed by atoms with Gasteiger partial charge in [-0.15, -0.1) is 11.8 Å². The Hall–Kier alpha value is -1.37. The van der Waals surface area contributed by atoms with E-state index >= 15 is 0 Å². The Morgan fingerprint density at radius 3 is 2.71 bits per heavy atom. The van der Waals surface area contributed by atoms with Gasteiger partial charge >= 0.3 is 0 Å². The van der Waals surface area contributed by atoms with Gasteiger partial charge in [-0.3, -0.25) is 0 Å². The summed E-state index contributed by atoms with van der Waals surface area (Å²) < 4.78 is 27.8. The van der Waals surface area contributed by atoms with Crippen LogP contribution in [0.3, 0.4) is 0 Å². The summed E-state index contributed by atoms with van der Waals surface area (Å²) in [7, 11) is -3.49. The molecule has 0 aliphatic carbocycles. The first kappa shape index (κ1) is 17.5. The fourth-order valence-electron chi connectivity index (χ4n) is 3.10. The topological polar surface area (TPSA) is 50.3 Å². The quantitative estimate of drug-likeness (QED) is 0.754. The minimum atomic E-state index is -3.49. The molecule has 128 valence electrons. The molecular formula is C18H22N2O2S2. The van der Waals surface area contributed by atoms with Crippen LogP contribution in [0.2, 0.25) is 0 Å². The number of aryl methyl sites for hydroxylation is 1. The summed E-state index contributed by atoms with van der Waals surface area (Å²) in [5.74, 6) is 0.918. The monoisotopic (exact) mass is 362 g/mol. The summed E-state index contributed by atoms with van der Waals surface area (Å²) >= 11 is 1.67. The van der Waals surface area contributed by atoms with Gasteiger partial charge in [0.2, 0.25) is 10.0 Å². The van der Waals surface area contributed by atoms with Crippen molar-refractivity contribution < 1.29 is 8.42 Å². The molecule has 1 atom stereocenters. The van der Waals surface area contributed by atoms with Crippen LogP contribution in [0.1, 0.15) is 36.9 Å². The summed E-state index contributed by atoms with van der Waals surface area (Å²) in [4.78, 5) is 4.82. The summed E-state index contributed by atoms with van der Waals surface area (Å²) in [5.41, 5.74) is 2.08. The van der Waals surface area contributed by atoms with Crippen molar-refractivity contribution in [3.8, 4) is 0 Å². The molecule has 4 nitrogen and oxygen atoms in total. The Bertz CT molecular complexity index is 804. The maximum absolute atomic E-state index is 13.1. The molecule has 0 radical (unpaired) electrons. The molecule has 1 fully saturated rings. The molecular weight excluding hydrogens is 340 g/mol. The van der Waals surface area contributed by atoms with E-state index in [0.717, 1.165) is 34.7 Å². The minimum Gasteiger partial charge on any atom is -0.250 e. The molecule has 2 aromatic rings. The van der Waals surface area contributed by atoms with Gasteiger partial charge < -0.3 is 0 Å². The number of nitrogens with zero attached hydrogens (tertiary/aromatic N) is 2. The maximum Gasteiger partial charge on any atom is 0.243 e. The number of sulfonamides is 1. The third-order valence-electron chi connectivity index (χ3n) is 4.27. The molecule has 0 N–H and O–H groups in total. The number of hydrogen-bond donors (Lipinski definition) is 0. The SMILES string of the molecule is CCSc1ncccc1[C@H]1CCCN1S(=O)(=O)c1ccc(C)cc1. The van der Waals surface area contributed by atoms with Crippen LogP contribution in [0.25, 0.3) is 0 Å². The Morgan fingerprint density at radius 2 is 2.00 bits per heavy atom. The molecule has 0 saturated carbocycles. The lowest BCUT2D eigenvalue weighted by molar-refractivity contribution is 0.391. The molecule has 1 aliphatic rings. The zero-order valence-electron chi connectivity index (χ0n) is 14.0. The second kappa shape index (κ2) is 7.25. The Balaban J connectivity index is 1.98. The number of thioether (sulfide) groups is 1. The van der Waals surface area contributed by atoms with Gasteiger partial charge in [-0.2, -0.15) is 4.31 Å². The second-order valence-corrected chi connectivity index (χ2v) is 9.06. The third-order valence-corrected chi connectivity index (χ3v) is 7.10. The summed E-state index contributed by atoms with van der Waals surface area (Å²) in [5, 5.41) is 0.941. The van der Waals surface area contributed by atoms with Crippen molar-refractivity contribution in [3.63, 3.8) is 0 Å². The molecule has 3 rings (SSSR count). The smallest absolute Gasteiger partial charge is 0.243 e. The van der Waals surface area contributed by atoms with Gasteiger partial charge in [0.1, 0.15) is 5.03 Å². The number of benzene rings is 1. The van der Waals surface area contributed by atoms with Crippen LogP contribution in [-0.4, -0.2) is 30.0 Å². The predicted octanol–water partition coefficient (Wildman–Crippen LogP) is 4.03. The third kappa shape index (κ3) is 3.36. The van der Waals surface area contributed by atoms with E-state index in [0.29, 0.717) is 11.4 Å². The van der Waals surface area contributed by atoms with Gasteiger partial charge in [-0.1, -0.05) is 30.7 Å². The minimum absolute atomic E-state index is 0.126. The average molecular weight is 363 g/mol. The highest BCUT2D eigenvalue weighted by Crippen LogP contribution is 2.39. The lowest BCUT2D eigenvalue weighted by Crippen LogP contribution is -2.31. The zero-order chi connectivity index (χ0) is 17.2. The van der Waals surface area contributed by atoms with Crippen molar-refractivity contribution >= 4 is 21.8 Å². The van der Waals surface area contributed by atoms with Crippen molar-refractivity contribution in [1.82, 2.24) is 9.29 Å². The average Bonchev–Trinajstić information content (AvgIpc) is 3.06. The first-order valence-corrected chi connectivity index (χ1v) is 10.6. The molecule has 0 unspecified atom stereocenters. The summed E-state index contributed by atoms with van der Waals surface area (Å²) in [6.45, 7) is 4.60. The van der Waals surface area contributed by atoms with Crippen LogP contribution in [0, 0.1) is 6.92 Å². The molecule has 0 spiro atoms. The van der Waals surface area contributed by atoms with Gasteiger partial charge in [0.25, 0.3) is 0 Å². The number of aromatic nitrogens is 1. The van der Waals surface area contributed by atoms with Gasteiger partial charge in [-0.05, 0) is 43.7 Å². The standard InChI is InChI=1S/C18H22N2O2S2/c1-3-23-18-16(6-4-12-19-18)17-7-5-13-20(17)24(21,22)15-10-8-14(2)9-11-15/h4,6,8-12,17H,3,5,7,13H2,1-2H3/t17-/m1/s1. The molecule has 6 heteroatoms. The van der Waals surface area contributed by atoms with Gasteiger partial charge in [0, 0.05) is 18.3 Å². The van der Waals surface area contributed by atoms with Crippen LogP contribution in [0.4, 0.5) is 0 Å². The Kier molecular flexibility index (Phi) is 5.27. The zero-order valence-corrected chi connectivity index (χ0v) is 15.6. The lowest BCUT2D eigenvalue weighted by Gasteiger charge is -2.25. The lowest BCUT2D eigenvalue weighted by atomic mass is 10.1. The molecule has 1 aromatic carbocycles. The van der Waals surface area contributed by atoms with Crippen LogP contribution in [-0.2, 0) is 10.0 Å². The van der Waals surface area contributed by atoms with E-state index in [1.54, 1.807) is 34.4 Å². The van der Waals surface area contributed by atoms with Gasteiger partial charge in [-0.25, -0.2) is 13.4 Å². The maximum atomic E-state index is 13.1. The van der Waals surface area contributed by atoms with E-state index in [-0.39, 0.29) is 6.04 Å². The largest absolute Gasteiger partial charge is 0.250 e. The van der Waals surface area contributed by atoms with Crippen LogP contribution < -0.4 is 0 Å². The highest BCUT2D eigenvalue weighted by atomic mass is 32.2. The molecule has 1 aromatic heterocycles. The Labute approximate surface area is 148 Å². The highest BCUT2D eigenvalue weighted by Gasteiger charge is 2.37. The Morgan fingerprint density at radius 1 is 1.25 bits per heavy atom. The van der Waals surface area contributed by atoms with Gasteiger partial charge in [0.05, 0.1) is 10.9 Å². The van der Waals surface area contributed by atoms with Crippen LogP contribution in [0.5, 0.6) is 0 Å². The molecule has 1 aliphatic heterocycles. The fraction of sp³-hybridized carbons (Fsp3) is 0.389. The highest BCUT2D eigenvalue weighted by molar-refractivity contribution is 7.99. The van der Waals surface area contributed by atoms with E-state index in [1.807, 2.05) is 31.2 Å². The summed E-state index contributed by atoms with van der Waals surface area (Å²) in [6, 6.07) is 10.9. The molecule has 1 saturated heterocycles. The van der Waals surface area contributed by atoms with Crippen molar-refractivity contribution in [2.75, 3.05) is 12.3 Å². The van der Waals surface area contributed by atoms with Crippen LogP contribution >= 0.6 is 11.8 Å².